The van der Waals surface area contributed by atoms with Gasteiger partial charge in [-0.05, 0) is 6.42 Å². The fourth-order valence-corrected chi connectivity index (χ4v) is 1.40. The molecule has 1 aromatic heterocycles. The minimum Gasteiger partial charge on any atom is -0.355 e. The molecule has 2 amide bonds. The maximum atomic E-state index is 11.6. The molecule has 1 rings (SSSR count). The van der Waals surface area contributed by atoms with Gasteiger partial charge in [-0.1, -0.05) is 20.8 Å². The number of imidazole rings is 1. The smallest absolute Gasteiger partial charge is 0.239 e. The quantitative estimate of drug-likeness (QED) is 0.738. The van der Waals surface area contributed by atoms with Crippen LogP contribution in [0.3, 0.4) is 0 Å². The molecule has 0 atom stereocenters. The number of carbonyl (C=O) groups is 2. The van der Waals surface area contributed by atoms with E-state index in [2.05, 4.69) is 15.6 Å². The highest BCUT2D eigenvalue weighted by Gasteiger charge is 2.21. The second-order valence-electron chi connectivity index (χ2n) is 5.44. The molecule has 0 radical (unpaired) electrons. The van der Waals surface area contributed by atoms with E-state index in [1.54, 1.807) is 12.5 Å². The molecule has 1 heterocycles. The molecule has 0 unspecified atom stereocenters. The maximum Gasteiger partial charge on any atom is 0.239 e. The van der Waals surface area contributed by atoms with Gasteiger partial charge >= 0.3 is 0 Å². The van der Waals surface area contributed by atoms with Crippen molar-refractivity contribution in [1.82, 2.24) is 20.2 Å². The molecule has 0 aliphatic carbocycles. The van der Waals surface area contributed by atoms with Crippen LogP contribution in [0.2, 0.25) is 0 Å². The van der Waals surface area contributed by atoms with Crippen molar-refractivity contribution in [2.75, 3.05) is 13.1 Å². The summed E-state index contributed by atoms with van der Waals surface area (Å²) in [6.07, 6.45) is 6.17. The molecule has 0 aromatic carbocycles. The molecule has 6 nitrogen and oxygen atoms in total. The molecule has 0 fully saturated rings. The van der Waals surface area contributed by atoms with Crippen molar-refractivity contribution in [2.45, 2.75) is 33.7 Å². The monoisotopic (exact) mass is 266 g/mol. The van der Waals surface area contributed by atoms with Gasteiger partial charge in [-0.3, -0.25) is 9.59 Å². The predicted molar refractivity (Wildman–Crippen MR) is 72.3 cm³/mol. The van der Waals surface area contributed by atoms with Crippen molar-refractivity contribution in [2.24, 2.45) is 5.41 Å². The Balaban J connectivity index is 2.10. The van der Waals surface area contributed by atoms with Crippen LogP contribution in [-0.2, 0) is 16.1 Å². The summed E-state index contributed by atoms with van der Waals surface area (Å²) in [6.45, 7) is 6.86. The van der Waals surface area contributed by atoms with Crippen molar-refractivity contribution >= 4 is 11.8 Å². The third-order valence-corrected chi connectivity index (χ3v) is 2.57. The van der Waals surface area contributed by atoms with Crippen molar-refractivity contribution in [3.05, 3.63) is 18.7 Å². The van der Waals surface area contributed by atoms with Crippen molar-refractivity contribution in [3.63, 3.8) is 0 Å². The third kappa shape index (κ3) is 6.03. The number of hydrogen-bond acceptors (Lipinski definition) is 3. The van der Waals surface area contributed by atoms with Crippen molar-refractivity contribution < 1.29 is 9.59 Å². The van der Waals surface area contributed by atoms with Crippen LogP contribution in [0.5, 0.6) is 0 Å². The van der Waals surface area contributed by atoms with Crippen LogP contribution in [0, 0.1) is 5.41 Å². The zero-order chi connectivity index (χ0) is 14.3. The molecule has 0 aliphatic rings. The van der Waals surface area contributed by atoms with Gasteiger partial charge in [0, 0.05) is 30.9 Å². The van der Waals surface area contributed by atoms with Gasteiger partial charge in [-0.15, -0.1) is 0 Å². The molecule has 0 saturated carbocycles. The normalized spacial score (nSPS) is 11.1. The minimum absolute atomic E-state index is 0.0289. The zero-order valence-corrected chi connectivity index (χ0v) is 11.8. The summed E-state index contributed by atoms with van der Waals surface area (Å²) < 4.78 is 1.95. The minimum atomic E-state index is -0.471. The van der Waals surface area contributed by atoms with Crippen LogP contribution in [0.4, 0.5) is 0 Å². The Kier molecular flexibility index (Phi) is 5.54. The Morgan fingerprint density at radius 1 is 1.26 bits per heavy atom. The molecular weight excluding hydrogens is 244 g/mol. The molecule has 0 bridgehead atoms. The fraction of sp³-hybridized carbons (Fsp3) is 0.615. The largest absolute Gasteiger partial charge is 0.355 e. The van der Waals surface area contributed by atoms with Crippen LogP contribution in [0.1, 0.15) is 27.2 Å². The van der Waals surface area contributed by atoms with E-state index in [-0.39, 0.29) is 18.4 Å². The Morgan fingerprint density at radius 2 is 2.00 bits per heavy atom. The van der Waals surface area contributed by atoms with E-state index in [0.29, 0.717) is 6.54 Å². The topological polar surface area (TPSA) is 76.0 Å². The molecule has 1 aromatic rings. The number of rotatable bonds is 6. The van der Waals surface area contributed by atoms with E-state index in [9.17, 15) is 9.59 Å². The van der Waals surface area contributed by atoms with Gasteiger partial charge in [0.1, 0.15) is 0 Å². The average molecular weight is 266 g/mol. The number of aryl methyl sites for hydroxylation is 1. The van der Waals surface area contributed by atoms with Crippen molar-refractivity contribution in [3.8, 4) is 0 Å². The first-order chi connectivity index (χ1) is 8.89. The Bertz CT molecular complexity index is 407. The Hall–Kier alpha value is -1.85. The summed E-state index contributed by atoms with van der Waals surface area (Å²) in [5, 5.41) is 5.38. The number of nitrogens with zero attached hydrogens (tertiary/aromatic N) is 2. The number of carbonyl (C=O) groups excluding carboxylic acids is 2. The molecule has 0 saturated heterocycles. The van der Waals surface area contributed by atoms with Crippen LogP contribution < -0.4 is 10.6 Å². The summed E-state index contributed by atoms with van der Waals surface area (Å²) in [4.78, 5) is 27.0. The van der Waals surface area contributed by atoms with E-state index >= 15 is 0 Å². The zero-order valence-electron chi connectivity index (χ0n) is 11.8. The predicted octanol–water partition coefficient (Wildman–Crippen LogP) is 0.552. The number of aromatic nitrogens is 2. The summed E-state index contributed by atoms with van der Waals surface area (Å²) in [7, 11) is 0. The van der Waals surface area contributed by atoms with Crippen LogP contribution in [0.25, 0.3) is 0 Å². The molecule has 19 heavy (non-hydrogen) atoms. The average Bonchev–Trinajstić information content (AvgIpc) is 2.83. The molecular formula is C13H22N4O2. The number of amides is 2. The first-order valence-electron chi connectivity index (χ1n) is 6.40. The Labute approximate surface area is 113 Å². The van der Waals surface area contributed by atoms with E-state index in [0.717, 1.165) is 13.0 Å². The Morgan fingerprint density at radius 3 is 2.58 bits per heavy atom. The second-order valence-corrected chi connectivity index (χ2v) is 5.44. The first-order valence-corrected chi connectivity index (χ1v) is 6.40. The van der Waals surface area contributed by atoms with E-state index in [4.69, 9.17) is 0 Å². The summed E-state index contributed by atoms with van der Waals surface area (Å²) in [5.41, 5.74) is -0.471. The number of hydrogen-bond donors (Lipinski definition) is 2. The highest BCUT2D eigenvalue weighted by atomic mass is 16.2. The van der Waals surface area contributed by atoms with E-state index in [1.807, 2.05) is 31.5 Å². The summed E-state index contributed by atoms with van der Waals surface area (Å²) >= 11 is 0. The SMILES string of the molecule is CC(C)(C)C(=O)NCC(=O)NCCCn1ccnc1. The van der Waals surface area contributed by atoms with Gasteiger partial charge < -0.3 is 15.2 Å². The second kappa shape index (κ2) is 6.92. The van der Waals surface area contributed by atoms with Crippen molar-refractivity contribution in [1.29, 1.82) is 0 Å². The lowest BCUT2D eigenvalue weighted by Gasteiger charge is -2.17. The van der Waals surface area contributed by atoms with E-state index < -0.39 is 5.41 Å². The molecule has 2 N–H and O–H groups in total. The van der Waals surface area contributed by atoms with Crippen LogP contribution in [0.15, 0.2) is 18.7 Å². The summed E-state index contributed by atoms with van der Waals surface area (Å²) in [6, 6.07) is 0. The highest BCUT2D eigenvalue weighted by molar-refractivity contribution is 5.87. The standard InChI is InChI=1S/C13H22N4O2/c1-13(2,3)12(19)16-9-11(18)15-5-4-7-17-8-6-14-10-17/h6,8,10H,4-5,7,9H2,1-3H3,(H,15,18)(H,16,19). The molecule has 0 spiro atoms. The lowest BCUT2D eigenvalue weighted by molar-refractivity contribution is -0.131. The van der Waals surface area contributed by atoms with Gasteiger partial charge in [0.2, 0.25) is 11.8 Å². The molecule has 106 valence electrons. The molecule has 0 aliphatic heterocycles. The van der Waals surface area contributed by atoms with Gasteiger partial charge in [0.15, 0.2) is 0 Å². The van der Waals surface area contributed by atoms with Gasteiger partial charge in [-0.2, -0.15) is 0 Å². The first kappa shape index (κ1) is 15.2. The highest BCUT2D eigenvalue weighted by Crippen LogP contribution is 2.11. The number of nitrogens with one attached hydrogen (secondary N) is 2. The van der Waals surface area contributed by atoms with Gasteiger partial charge in [0.05, 0.1) is 12.9 Å². The lowest BCUT2D eigenvalue weighted by atomic mass is 9.96. The summed E-state index contributed by atoms with van der Waals surface area (Å²) in [5.74, 6) is -0.288. The van der Waals surface area contributed by atoms with Crippen LogP contribution >= 0.6 is 0 Å². The van der Waals surface area contributed by atoms with Gasteiger partial charge in [0.25, 0.3) is 0 Å². The maximum absolute atomic E-state index is 11.6. The third-order valence-electron chi connectivity index (χ3n) is 2.57. The lowest BCUT2D eigenvalue weighted by Crippen LogP contribution is -2.42. The van der Waals surface area contributed by atoms with Crippen LogP contribution in [-0.4, -0.2) is 34.5 Å². The van der Waals surface area contributed by atoms with E-state index in [1.165, 1.54) is 0 Å². The van der Waals surface area contributed by atoms with Gasteiger partial charge in [-0.25, -0.2) is 4.98 Å². The molecule has 6 heteroatoms. The fourth-order valence-electron chi connectivity index (χ4n) is 1.40.